The number of hydrogen-bond donors (Lipinski definition) is 0. The number of aryl methyl sites for hydroxylation is 1. The minimum Gasteiger partial charge on any atom is -0.408 e. The van der Waals surface area contributed by atoms with Gasteiger partial charge in [-0.1, -0.05) is 0 Å². The lowest BCUT2D eigenvalue weighted by Crippen LogP contribution is -2.42. The van der Waals surface area contributed by atoms with Crippen LogP contribution in [0.2, 0.25) is 0 Å². The molecule has 0 unspecified atom stereocenters. The maximum atomic E-state index is 12.6. The SMILES string of the molecule is O=C(CCn1c(=O)oc2cc(S(=O)(=O)N3CCCC3)ccc21)N1CCC1. The van der Waals surface area contributed by atoms with E-state index in [2.05, 4.69) is 0 Å². The first-order chi connectivity index (χ1) is 12.5. The number of oxazole rings is 1. The molecule has 2 fully saturated rings. The fourth-order valence-electron chi connectivity index (χ4n) is 3.43. The van der Waals surface area contributed by atoms with Gasteiger partial charge in [0.25, 0.3) is 0 Å². The molecule has 1 amide bonds. The van der Waals surface area contributed by atoms with Gasteiger partial charge in [-0.15, -0.1) is 0 Å². The summed E-state index contributed by atoms with van der Waals surface area (Å²) in [5, 5.41) is 0. The highest BCUT2D eigenvalue weighted by atomic mass is 32.2. The second-order valence-electron chi connectivity index (χ2n) is 6.74. The molecule has 0 N–H and O–H groups in total. The van der Waals surface area contributed by atoms with Crippen molar-refractivity contribution in [2.45, 2.75) is 37.1 Å². The Kier molecular flexibility index (Phi) is 4.36. The first-order valence-corrected chi connectivity index (χ1v) is 10.3. The van der Waals surface area contributed by atoms with Crippen molar-refractivity contribution >= 4 is 27.0 Å². The molecular weight excluding hydrogens is 358 g/mol. The van der Waals surface area contributed by atoms with E-state index in [-0.39, 0.29) is 29.4 Å². The van der Waals surface area contributed by atoms with E-state index in [1.54, 1.807) is 11.0 Å². The van der Waals surface area contributed by atoms with Gasteiger partial charge in [0.15, 0.2) is 5.58 Å². The van der Waals surface area contributed by atoms with Gasteiger partial charge in [-0.05, 0) is 31.4 Å². The Morgan fingerprint density at radius 3 is 2.46 bits per heavy atom. The molecule has 8 nitrogen and oxygen atoms in total. The predicted molar refractivity (Wildman–Crippen MR) is 94.3 cm³/mol. The highest BCUT2D eigenvalue weighted by molar-refractivity contribution is 7.89. The van der Waals surface area contributed by atoms with E-state index in [4.69, 9.17) is 4.42 Å². The zero-order chi connectivity index (χ0) is 18.3. The van der Waals surface area contributed by atoms with Gasteiger partial charge in [-0.25, -0.2) is 13.2 Å². The lowest BCUT2D eigenvalue weighted by molar-refractivity contribution is -0.134. The van der Waals surface area contributed by atoms with Crippen molar-refractivity contribution in [3.8, 4) is 0 Å². The molecule has 2 saturated heterocycles. The zero-order valence-corrected chi connectivity index (χ0v) is 15.2. The van der Waals surface area contributed by atoms with E-state index in [1.807, 2.05) is 0 Å². The Hall–Kier alpha value is -2.13. The smallest absolute Gasteiger partial charge is 0.408 e. The number of amides is 1. The van der Waals surface area contributed by atoms with Gasteiger partial charge in [0.2, 0.25) is 15.9 Å². The number of fused-ring (bicyclic) bond motifs is 1. The topological polar surface area (TPSA) is 92.8 Å². The third-order valence-electron chi connectivity index (χ3n) is 5.10. The number of carbonyl (C=O) groups excluding carboxylic acids is 1. The van der Waals surface area contributed by atoms with Crippen LogP contribution in [0.1, 0.15) is 25.7 Å². The number of nitrogens with zero attached hydrogens (tertiary/aromatic N) is 3. The molecule has 0 radical (unpaired) electrons. The van der Waals surface area contributed by atoms with Gasteiger partial charge in [0, 0.05) is 45.2 Å². The van der Waals surface area contributed by atoms with Crippen molar-refractivity contribution in [3.05, 3.63) is 28.7 Å². The fraction of sp³-hybridized carbons (Fsp3) is 0.529. The van der Waals surface area contributed by atoms with Gasteiger partial charge in [0.1, 0.15) is 0 Å². The molecule has 1 aromatic carbocycles. The molecular formula is C17H21N3O5S. The normalized spacial score (nSPS) is 18.4. The molecule has 0 aliphatic carbocycles. The Morgan fingerprint density at radius 1 is 1.08 bits per heavy atom. The highest BCUT2D eigenvalue weighted by Gasteiger charge is 2.28. The van der Waals surface area contributed by atoms with Crippen LogP contribution >= 0.6 is 0 Å². The minimum atomic E-state index is -3.57. The van der Waals surface area contributed by atoms with Gasteiger partial charge >= 0.3 is 5.76 Å². The Balaban J connectivity index is 1.60. The first kappa shape index (κ1) is 17.3. The second-order valence-corrected chi connectivity index (χ2v) is 8.68. The molecule has 0 bridgehead atoms. The molecule has 2 aromatic rings. The van der Waals surface area contributed by atoms with Gasteiger partial charge in [-0.2, -0.15) is 4.31 Å². The van der Waals surface area contributed by atoms with Gasteiger partial charge in [0.05, 0.1) is 10.4 Å². The van der Waals surface area contributed by atoms with Crippen LogP contribution in [0.15, 0.2) is 32.3 Å². The average molecular weight is 379 g/mol. The summed E-state index contributed by atoms with van der Waals surface area (Å²) in [7, 11) is -3.57. The fourth-order valence-corrected chi connectivity index (χ4v) is 4.96. The number of sulfonamides is 1. The lowest BCUT2D eigenvalue weighted by Gasteiger charge is -2.30. The standard InChI is InChI=1S/C17H21N3O5S/c21-16(18-7-3-8-18)6-11-20-14-5-4-13(12-15(14)25-17(20)22)26(23,24)19-9-1-2-10-19/h4-5,12H,1-3,6-11H2. The van der Waals surface area contributed by atoms with E-state index < -0.39 is 15.8 Å². The monoisotopic (exact) mass is 379 g/mol. The van der Waals surface area contributed by atoms with Crippen LogP contribution < -0.4 is 5.76 Å². The molecule has 0 atom stereocenters. The number of aromatic nitrogens is 1. The van der Waals surface area contributed by atoms with Crippen LogP contribution in [-0.4, -0.2) is 54.3 Å². The maximum absolute atomic E-state index is 12.6. The third kappa shape index (κ3) is 2.95. The summed E-state index contributed by atoms with van der Waals surface area (Å²) in [6, 6.07) is 4.48. The molecule has 0 spiro atoms. The first-order valence-electron chi connectivity index (χ1n) is 8.88. The molecule has 140 valence electrons. The van der Waals surface area contributed by atoms with Crippen LogP contribution in [0.4, 0.5) is 0 Å². The third-order valence-corrected chi connectivity index (χ3v) is 7.00. The maximum Gasteiger partial charge on any atom is 0.419 e. The van der Waals surface area contributed by atoms with Gasteiger partial charge in [-0.3, -0.25) is 9.36 Å². The van der Waals surface area contributed by atoms with Crippen molar-refractivity contribution in [1.29, 1.82) is 0 Å². The van der Waals surface area contributed by atoms with Crippen molar-refractivity contribution in [2.24, 2.45) is 0 Å². The summed E-state index contributed by atoms with van der Waals surface area (Å²) in [6.07, 6.45) is 2.97. The Morgan fingerprint density at radius 2 is 1.81 bits per heavy atom. The van der Waals surface area contributed by atoms with E-state index in [1.165, 1.54) is 21.0 Å². The lowest BCUT2D eigenvalue weighted by atomic mass is 10.2. The molecule has 9 heteroatoms. The minimum absolute atomic E-state index is 0.0192. The molecule has 2 aliphatic heterocycles. The van der Waals surface area contributed by atoms with Crippen molar-refractivity contribution in [2.75, 3.05) is 26.2 Å². The Bertz CT molecular complexity index is 997. The summed E-state index contributed by atoms with van der Waals surface area (Å²) in [6.45, 7) is 2.81. The number of likely N-dealkylation sites (tertiary alicyclic amines) is 1. The second kappa shape index (κ2) is 6.55. The zero-order valence-electron chi connectivity index (χ0n) is 14.4. The van der Waals surface area contributed by atoms with Crippen LogP contribution in [0.3, 0.4) is 0 Å². The Labute approximate surface area is 151 Å². The summed E-state index contributed by atoms with van der Waals surface area (Å²) < 4.78 is 33.4. The molecule has 2 aliphatic rings. The van der Waals surface area contributed by atoms with Crippen LogP contribution in [-0.2, 0) is 21.4 Å². The van der Waals surface area contributed by atoms with Crippen LogP contribution in [0.5, 0.6) is 0 Å². The number of carbonyl (C=O) groups is 1. The highest BCUT2D eigenvalue weighted by Crippen LogP contribution is 2.24. The number of hydrogen-bond acceptors (Lipinski definition) is 5. The molecule has 1 aromatic heterocycles. The van der Waals surface area contributed by atoms with E-state index in [0.717, 1.165) is 32.4 Å². The number of rotatable bonds is 5. The van der Waals surface area contributed by atoms with E-state index in [0.29, 0.717) is 18.6 Å². The van der Waals surface area contributed by atoms with Crippen molar-refractivity contribution in [3.63, 3.8) is 0 Å². The van der Waals surface area contributed by atoms with Gasteiger partial charge < -0.3 is 9.32 Å². The summed E-state index contributed by atoms with van der Waals surface area (Å²) >= 11 is 0. The summed E-state index contributed by atoms with van der Waals surface area (Å²) in [5.41, 5.74) is 0.735. The molecule has 0 saturated carbocycles. The summed E-state index contributed by atoms with van der Waals surface area (Å²) in [5.74, 6) is -0.558. The largest absolute Gasteiger partial charge is 0.419 e. The quantitative estimate of drug-likeness (QED) is 0.773. The number of benzene rings is 1. The summed E-state index contributed by atoms with van der Waals surface area (Å²) in [4.78, 5) is 26.0. The molecule has 4 rings (SSSR count). The van der Waals surface area contributed by atoms with Crippen molar-refractivity contribution < 1.29 is 17.6 Å². The predicted octanol–water partition coefficient (Wildman–Crippen LogP) is 1.00. The van der Waals surface area contributed by atoms with Crippen LogP contribution in [0.25, 0.3) is 11.1 Å². The molecule has 3 heterocycles. The average Bonchev–Trinajstić information content (AvgIpc) is 3.18. The van der Waals surface area contributed by atoms with E-state index in [9.17, 15) is 18.0 Å². The van der Waals surface area contributed by atoms with Crippen LogP contribution in [0, 0.1) is 0 Å². The molecule has 26 heavy (non-hydrogen) atoms. The van der Waals surface area contributed by atoms with Crippen molar-refractivity contribution in [1.82, 2.24) is 13.8 Å². The van der Waals surface area contributed by atoms with E-state index >= 15 is 0 Å².